The summed E-state index contributed by atoms with van der Waals surface area (Å²) in [6, 6.07) is 8.48. The molecule has 1 aromatic rings. The third-order valence-electron chi connectivity index (χ3n) is 3.46. The topological polar surface area (TPSA) is 41.6 Å². The van der Waals surface area contributed by atoms with E-state index in [1.165, 1.54) is 5.56 Å². The Morgan fingerprint density at radius 1 is 1.35 bits per heavy atom. The lowest BCUT2D eigenvalue weighted by molar-refractivity contribution is 0.0258. The summed E-state index contributed by atoms with van der Waals surface area (Å²) in [7, 11) is 0. The summed E-state index contributed by atoms with van der Waals surface area (Å²) in [4.78, 5) is 13.8. The number of nitrogens with one attached hydrogen (secondary N) is 1. The van der Waals surface area contributed by atoms with Gasteiger partial charge in [-0.1, -0.05) is 34.1 Å². The fourth-order valence-corrected chi connectivity index (χ4v) is 2.86. The molecule has 0 saturated heterocycles. The molecule has 1 atom stereocenters. The molecule has 5 heteroatoms. The first-order valence-corrected chi connectivity index (χ1v) is 8.99. The lowest BCUT2D eigenvalue weighted by Crippen LogP contribution is -2.38. The Balaban J connectivity index is 2.38. The van der Waals surface area contributed by atoms with E-state index in [1.807, 2.05) is 39.8 Å². The van der Waals surface area contributed by atoms with E-state index in [1.54, 1.807) is 4.90 Å². The van der Waals surface area contributed by atoms with Crippen molar-refractivity contribution in [2.45, 2.75) is 52.7 Å². The minimum Gasteiger partial charge on any atom is -0.444 e. The normalized spacial score (nSPS) is 12.8. The smallest absolute Gasteiger partial charge is 0.410 e. The van der Waals surface area contributed by atoms with Gasteiger partial charge in [-0.05, 0) is 59.2 Å². The van der Waals surface area contributed by atoms with E-state index in [0.717, 1.165) is 17.4 Å². The Hall–Kier alpha value is -1.07. The van der Waals surface area contributed by atoms with Crippen molar-refractivity contribution in [1.29, 1.82) is 0 Å². The number of hydrogen-bond donors (Lipinski definition) is 1. The molecule has 1 N–H and O–H groups in total. The van der Waals surface area contributed by atoms with Crippen LogP contribution in [-0.4, -0.2) is 36.2 Å². The summed E-state index contributed by atoms with van der Waals surface area (Å²) in [5.41, 5.74) is 0.795. The first-order chi connectivity index (χ1) is 10.7. The van der Waals surface area contributed by atoms with Gasteiger partial charge in [-0.3, -0.25) is 0 Å². The number of ether oxygens (including phenoxy) is 1. The van der Waals surface area contributed by atoms with Crippen molar-refractivity contribution in [3.8, 4) is 0 Å². The maximum Gasteiger partial charge on any atom is 0.410 e. The zero-order chi connectivity index (χ0) is 17.5. The van der Waals surface area contributed by atoms with Gasteiger partial charge in [0.25, 0.3) is 0 Å². The van der Waals surface area contributed by atoms with E-state index in [0.29, 0.717) is 13.1 Å². The molecule has 0 aliphatic heterocycles. The molecule has 23 heavy (non-hydrogen) atoms. The second-order valence-corrected chi connectivity index (χ2v) is 7.47. The number of hydrogen-bond acceptors (Lipinski definition) is 3. The third kappa shape index (κ3) is 7.36. The van der Waals surface area contributed by atoms with Crippen LogP contribution in [0.3, 0.4) is 0 Å². The van der Waals surface area contributed by atoms with Gasteiger partial charge in [-0.15, -0.1) is 0 Å². The largest absolute Gasteiger partial charge is 0.444 e. The van der Waals surface area contributed by atoms with Gasteiger partial charge in [0.1, 0.15) is 5.60 Å². The van der Waals surface area contributed by atoms with Crippen molar-refractivity contribution in [2.75, 3.05) is 19.6 Å². The Morgan fingerprint density at radius 3 is 2.57 bits per heavy atom. The highest BCUT2D eigenvalue weighted by Gasteiger charge is 2.20. The van der Waals surface area contributed by atoms with Crippen molar-refractivity contribution in [1.82, 2.24) is 10.2 Å². The van der Waals surface area contributed by atoms with Crippen LogP contribution in [0.1, 0.15) is 52.6 Å². The van der Waals surface area contributed by atoms with Crippen LogP contribution in [0.2, 0.25) is 0 Å². The minimum atomic E-state index is -0.448. The molecule has 0 aliphatic rings. The summed E-state index contributed by atoms with van der Waals surface area (Å²) in [6.45, 7) is 12.0. The number of nitrogens with zero attached hydrogens (tertiary/aromatic N) is 1. The average molecular weight is 385 g/mol. The molecule has 1 amide bonds. The molecular formula is C18H29BrN2O2. The lowest BCUT2D eigenvalue weighted by Gasteiger charge is -2.26. The summed E-state index contributed by atoms with van der Waals surface area (Å²) in [5, 5.41) is 3.50. The predicted molar refractivity (Wildman–Crippen MR) is 98.7 cm³/mol. The highest BCUT2D eigenvalue weighted by Crippen LogP contribution is 2.22. The SMILES string of the molecule is CCN(CCCNC(C)c1ccccc1Br)C(=O)OC(C)(C)C. The molecular weight excluding hydrogens is 356 g/mol. The fraction of sp³-hybridized carbons (Fsp3) is 0.611. The molecule has 0 aromatic heterocycles. The zero-order valence-corrected chi connectivity index (χ0v) is 16.4. The second kappa shape index (κ2) is 9.28. The van der Waals surface area contributed by atoms with Crippen LogP contribution in [0.4, 0.5) is 4.79 Å². The highest BCUT2D eigenvalue weighted by molar-refractivity contribution is 9.10. The van der Waals surface area contributed by atoms with Gasteiger partial charge in [-0.2, -0.15) is 0 Å². The Kier molecular flexibility index (Phi) is 8.06. The number of rotatable bonds is 7. The molecule has 1 rings (SSSR count). The third-order valence-corrected chi connectivity index (χ3v) is 4.18. The number of amides is 1. The number of benzene rings is 1. The average Bonchev–Trinajstić information content (AvgIpc) is 2.45. The van der Waals surface area contributed by atoms with Crippen molar-refractivity contribution >= 4 is 22.0 Å². The van der Waals surface area contributed by atoms with Crippen LogP contribution in [0, 0.1) is 0 Å². The van der Waals surface area contributed by atoms with Crippen molar-refractivity contribution < 1.29 is 9.53 Å². The van der Waals surface area contributed by atoms with E-state index >= 15 is 0 Å². The van der Waals surface area contributed by atoms with Crippen LogP contribution < -0.4 is 5.32 Å². The number of carbonyl (C=O) groups is 1. The van der Waals surface area contributed by atoms with E-state index in [9.17, 15) is 4.79 Å². The van der Waals surface area contributed by atoms with E-state index in [2.05, 4.69) is 40.3 Å². The number of carbonyl (C=O) groups excluding carboxylic acids is 1. The van der Waals surface area contributed by atoms with Crippen LogP contribution >= 0.6 is 15.9 Å². The second-order valence-electron chi connectivity index (χ2n) is 6.61. The minimum absolute atomic E-state index is 0.237. The van der Waals surface area contributed by atoms with Crippen molar-refractivity contribution in [3.63, 3.8) is 0 Å². The van der Waals surface area contributed by atoms with Gasteiger partial charge in [-0.25, -0.2) is 4.79 Å². The Morgan fingerprint density at radius 2 is 2.00 bits per heavy atom. The fourth-order valence-electron chi connectivity index (χ4n) is 2.23. The molecule has 0 aliphatic carbocycles. The van der Waals surface area contributed by atoms with Crippen LogP contribution in [0.15, 0.2) is 28.7 Å². The predicted octanol–water partition coefficient (Wildman–Crippen LogP) is 4.75. The van der Waals surface area contributed by atoms with Crippen molar-refractivity contribution in [2.24, 2.45) is 0 Å². The molecule has 130 valence electrons. The number of halogens is 1. The zero-order valence-electron chi connectivity index (χ0n) is 14.9. The first kappa shape index (κ1) is 20.0. The molecule has 4 nitrogen and oxygen atoms in total. The molecule has 1 unspecified atom stereocenters. The summed E-state index contributed by atoms with van der Waals surface area (Å²) in [5.74, 6) is 0. The molecule has 0 heterocycles. The van der Waals surface area contributed by atoms with Crippen molar-refractivity contribution in [3.05, 3.63) is 34.3 Å². The molecule has 0 radical (unpaired) electrons. The van der Waals surface area contributed by atoms with Crippen LogP contribution in [0.25, 0.3) is 0 Å². The van der Waals surface area contributed by atoms with Crippen LogP contribution in [-0.2, 0) is 4.74 Å². The van der Waals surface area contributed by atoms with Crippen LogP contribution in [0.5, 0.6) is 0 Å². The van der Waals surface area contributed by atoms with E-state index in [-0.39, 0.29) is 12.1 Å². The van der Waals surface area contributed by atoms with Gasteiger partial charge in [0, 0.05) is 23.6 Å². The molecule has 0 saturated carbocycles. The molecule has 0 spiro atoms. The monoisotopic (exact) mass is 384 g/mol. The van der Waals surface area contributed by atoms with Gasteiger partial charge < -0.3 is 15.0 Å². The standard InChI is InChI=1S/C18H29BrN2O2/c1-6-21(17(22)23-18(3,4)5)13-9-12-20-14(2)15-10-7-8-11-16(15)19/h7-8,10-11,14,20H,6,9,12-13H2,1-5H3. The Bertz CT molecular complexity index is 500. The van der Waals surface area contributed by atoms with Gasteiger partial charge >= 0.3 is 6.09 Å². The lowest BCUT2D eigenvalue weighted by atomic mass is 10.1. The van der Waals surface area contributed by atoms with Gasteiger partial charge in [0.2, 0.25) is 0 Å². The molecule has 0 fully saturated rings. The summed E-state index contributed by atoms with van der Waals surface area (Å²) in [6.07, 6.45) is 0.654. The van der Waals surface area contributed by atoms with E-state index in [4.69, 9.17) is 4.74 Å². The summed E-state index contributed by atoms with van der Waals surface area (Å²) >= 11 is 3.58. The molecule has 1 aromatic carbocycles. The first-order valence-electron chi connectivity index (χ1n) is 8.20. The van der Waals surface area contributed by atoms with Gasteiger partial charge in [0.15, 0.2) is 0 Å². The van der Waals surface area contributed by atoms with E-state index < -0.39 is 5.60 Å². The molecule has 0 bridgehead atoms. The maximum atomic E-state index is 12.1. The quantitative estimate of drug-likeness (QED) is 0.689. The highest BCUT2D eigenvalue weighted by atomic mass is 79.9. The Labute approximate surface area is 148 Å². The maximum absolute atomic E-state index is 12.1. The summed E-state index contributed by atoms with van der Waals surface area (Å²) < 4.78 is 6.53. The van der Waals surface area contributed by atoms with Gasteiger partial charge in [0.05, 0.1) is 0 Å².